The Morgan fingerprint density at radius 3 is 2.41 bits per heavy atom. The Kier molecular flexibility index (Phi) is 8.90. The fourth-order valence-electron chi connectivity index (χ4n) is 2.96. The molecule has 0 radical (unpaired) electrons. The van der Waals surface area contributed by atoms with E-state index in [0.29, 0.717) is 13.1 Å². The van der Waals surface area contributed by atoms with Crippen LogP contribution in [0.5, 0.6) is 0 Å². The molecule has 0 aromatic heterocycles. The highest BCUT2D eigenvalue weighted by atomic mass is 35.5. The lowest BCUT2D eigenvalue weighted by Crippen LogP contribution is -2.53. The van der Waals surface area contributed by atoms with Crippen LogP contribution in [-0.4, -0.2) is 49.6 Å². The van der Waals surface area contributed by atoms with Crippen LogP contribution in [0, 0.1) is 5.92 Å². The van der Waals surface area contributed by atoms with Gasteiger partial charge in [-0.2, -0.15) is 0 Å². The Bertz CT molecular complexity index is 450. The van der Waals surface area contributed by atoms with Gasteiger partial charge in [0, 0.05) is 25.2 Å². The molecular formula is C14H30ClN3O3S. The van der Waals surface area contributed by atoms with Crippen molar-refractivity contribution < 1.29 is 13.2 Å². The zero-order valence-corrected chi connectivity index (χ0v) is 15.4. The van der Waals surface area contributed by atoms with Gasteiger partial charge < -0.3 is 11.1 Å². The Labute approximate surface area is 140 Å². The molecule has 1 fully saturated rings. The fraction of sp³-hybridized carbons (Fsp3) is 0.929. The van der Waals surface area contributed by atoms with E-state index in [1.165, 1.54) is 4.31 Å². The Balaban J connectivity index is 0.00000441. The third-order valence-electron chi connectivity index (χ3n) is 4.33. The standard InChI is InChI=1S/C14H29N3O3S.ClH/c1-4-17(5-2)21(19,20)11-10-16-13(18)12-8-6-7-9-14(12,3)15;/h12H,4-11,15H2,1-3H3,(H,16,18);1H. The lowest BCUT2D eigenvalue weighted by atomic mass is 9.74. The molecule has 2 unspecified atom stereocenters. The number of hydrogen-bond acceptors (Lipinski definition) is 4. The van der Waals surface area contributed by atoms with E-state index in [9.17, 15) is 13.2 Å². The van der Waals surface area contributed by atoms with Crippen LogP contribution in [0.15, 0.2) is 0 Å². The van der Waals surface area contributed by atoms with Crippen LogP contribution in [0.3, 0.4) is 0 Å². The maximum atomic E-state index is 12.2. The first kappa shape index (κ1) is 21.6. The lowest BCUT2D eigenvalue weighted by Gasteiger charge is -2.37. The molecule has 2 atom stereocenters. The van der Waals surface area contributed by atoms with Gasteiger partial charge in [0.05, 0.1) is 11.7 Å². The molecule has 6 nitrogen and oxygen atoms in total. The largest absolute Gasteiger partial charge is 0.355 e. The van der Waals surface area contributed by atoms with Crippen molar-refractivity contribution in [3.8, 4) is 0 Å². The van der Waals surface area contributed by atoms with Gasteiger partial charge in [-0.3, -0.25) is 4.79 Å². The summed E-state index contributed by atoms with van der Waals surface area (Å²) in [5.41, 5.74) is 5.70. The van der Waals surface area contributed by atoms with Crippen LogP contribution < -0.4 is 11.1 Å². The van der Waals surface area contributed by atoms with Crippen molar-refractivity contribution >= 4 is 28.3 Å². The zero-order chi connectivity index (χ0) is 16.1. The number of nitrogens with two attached hydrogens (primary N) is 1. The molecule has 0 bridgehead atoms. The first-order valence-corrected chi connectivity index (χ1v) is 9.40. The summed E-state index contributed by atoms with van der Waals surface area (Å²) in [4.78, 5) is 12.2. The molecule has 1 saturated carbocycles. The van der Waals surface area contributed by atoms with E-state index in [2.05, 4.69) is 5.32 Å². The zero-order valence-electron chi connectivity index (χ0n) is 13.8. The number of hydrogen-bond donors (Lipinski definition) is 2. The highest BCUT2D eigenvalue weighted by molar-refractivity contribution is 7.89. The predicted molar refractivity (Wildman–Crippen MR) is 91.5 cm³/mol. The average molecular weight is 356 g/mol. The van der Waals surface area contributed by atoms with Crippen molar-refractivity contribution in [2.75, 3.05) is 25.4 Å². The second-order valence-electron chi connectivity index (χ2n) is 6.00. The number of halogens is 1. The molecule has 22 heavy (non-hydrogen) atoms. The summed E-state index contributed by atoms with van der Waals surface area (Å²) in [6.07, 6.45) is 3.67. The maximum absolute atomic E-state index is 12.2. The molecule has 0 spiro atoms. The molecule has 0 aliphatic heterocycles. The van der Waals surface area contributed by atoms with Gasteiger partial charge in [-0.05, 0) is 19.8 Å². The minimum Gasteiger partial charge on any atom is -0.355 e. The van der Waals surface area contributed by atoms with E-state index >= 15 is 0 Å². The number of amides is 1. The van der Waals surface area contributed by atoms with Gasteiger partial charge in [-0.25, -0.2) is 12.7 Å². The van der Waals surface area contributed by atoms with Crippen molar-refractivity contribution in [1.29, 1.82) is 0 Å². The van der Waals surface area contributed by atoms with Crippen molar-refractivity contribution in [3.63, 3.8) is 0 Å². The number of nitrogens with one attached hydrogen (secondary N) is 1. The number of rotatable bonds is 7. The number of sulfonamides is 1. The van der Waals surface area contributed by atoms with Gasteiger partial charge in [-0.1, -0.05) is 26.7 Å². The van der Waals surface area contributed by atoms with Gasteiger partial charge in [0.1, 0.15) is 0 Å². The summed E-state index contributed by atoms with van der Waals surface area (Å²) < 4.78 is 25.5. The monoisotopic (exact) mass is 355 g/mol. The molecule has 132 valence electrons. The van der Waals surface area contributed by atoms with Crippen LogP contribution in [0.2, 0.25) is 0 Å². The fourth-order valence-corrected chi connectivity index (χ4v) is 4.37. The third-order valence-corrected chi connectivity index (χ3v) is 6.35. The molecule has 1 rings (SSSR count). The molecule has 0 heterocycles. The van der Waals surface area contributed by atoms with Crippen LogP contribution in [0.25, 0.3) is 0 Å². The first-order valence-electron chi connectivity index (χ1n) is 7.79. The minimum absolute atomic E-state index is 0. The number of nitrogens with zero attached hydrogens (tertiary/aromatic N) is 1. The van der Waals surface area contributed by atoms with E-state index in [4.69, 9.17) is 5.73 Å². The third kappa shape index (κ3) is 5.68. The lowest BCUT2D eigenvalue weighted by molar-refractivity contribution is -0.127. The molecule has 1 aliphatic rings. The van der Waals surface area contributed by atoms with Crippen molar-refractivity contribution in [3.05, 3.63) is 0 Å². The smallest absolute Gasteiger partial charge is 0.224 e. The van der Waals surface area contributed by atoms with Gasteiger partial charge in [-0.15, -0.1) is 12.4 Å². The topological polar surface area (TPSA) is 92.5 Å². The average Bonchev–Trinajstić information content (AvgIpc) is 2.38. The van der Waals surface area contributed by atoms with E-state index < -0.39 is 15.6 Å². The highest BCUT2D eigenvalue weighted by Gasteiger charge is 2.37. The molecular weight excluding hydrogens is 326 g/mol. The Hall–Kier alpha value is -0.370. The molecule has 1 aliphatic carbocycles. The Morgan fingerprint density at radius 1 is 1.32 bits per heavy atom. The molecule has 8 heteroatoms. The molecule has 0 aromatic carbocycles. The summed E-state index contributed by atoms with van der Waals surface area (Å²) >= 11 is 0. The van der Waals surface area contributed by atoms with E-state index in [1.54, 1.807) is 0 Å². The van der Waals surface area contributed by atoms with Gasteiger partial charge in [0.2, 0.25) is 15.9 Å². The molecule has 0 saturated heterocycles. The highest BCUT2D eigenvalue weighted by Crippen LogP contribution is 2.31. The van der Waals surface area contributed by atoms with Crippen LogP contribution in [0.1, 0.15) is 46.5 Å². The normalized spacial score (nSPS) is 25.6. The van der Waals surface area contributed by atoms with Gasteiger partial charge in [0.25, 0.3) is 0 Å². The molecule has 3 N–H and O–H groups in total. The van der Waals surface area contributed by atoms with Crippen molar-refractivity contribution in [2.45, 2.75) is 52.0 Å². The van der Waals surface area contributed by atoms with E-state index in [0.717, 1.165) is 25.7 Å². The maximum Gasteiger partial charge on any atom is 0.224 e. The number of carbonyl (C=O) groups excluding carboxylic acids is 1. The summed E-state index contributed by atoms with van der Waals surface area (Å²) in [5.74, 6) is -0.397. The second-order valence-corrected chi connectivity index (χ2v) is 8.08. The Morgan fingerprint density at radius 2 is 1.91 bits per heavy atom. The van der Waals surface area contributed by atoms with Crippen molar-refractivity contribution in [2.24, 2.45) is 11.7 Å². The summed E-state index contributed by atoms with van der Waals surface area (Å²) in [5, 5.41) is 2.74. The first-order chi connectivity index (χ1) is 9.74. The SMILES string of the molecule is CCN(CC)S(=O)(=O)CCNC(=O)C1CCCCC1(C)N.Cl. The molecule has 0 aromatic rings. The summed E-state index contributed by atoms with van der Waals surface area (Å²) in [6.45, 7) is 6.57. The van der Waals surface area contributed by atoms with E-state index in [1.807, 2.05) is 20.8 Å². The number of carbonyl (C=O) groups is 1. The van der Waals surface area contributed by atoms with Crippen LogP contribution in [-0.2, 0) is 14.8 Å². The minimum atomic E-state index is -3.29. The molecule has 1 amide bonds. The van der Waals surface area contributed by atoms with Gasteiger partial charge in [0.15, 0.2) is 0 Å². The second kappa shape index (κ2) is 9.05. The predicted octanol–water partition coefficient (Wildman–Crippen LogP) is 1.10. The van der Waals surface area contributed by atoms with Gasteiger partial charge >= 0.3 is 0 Å². The summed E-state index contributed by atoms with van der Waals surface area (Å²) in [6, 6.07) is 0. The summed E-state index contributed by atoms with van der Waals surface area (Å²) in [7, 11) is -3.29. The van der Waals surface area contributed by atoms with Crippen molar-refractivity contribution in [1.82, 2.24) is 9.62 Å². The van der Waals surface area contributed by atoms with Crippen LogP contribution in [0.4, 0.5) is 0 Å². The van der Waals surface area contributed by atoms with Crippen LogP contribution >= 0.6 is 12.4 Å². The van der Waals surface area contributed by atoms with E-state index in [-0.39, 0.29) is 36.5 Å². The quantitative estimate of drug-likeness (QED) is 0.715.